The minimum absolute atomic E-state index is 0.0102. The molecule has 1 unspecified atom stereocenters. The highest BCUT2D eigenvalue weighted by molar-refractivity contribution is 7.22. The van der Waals surface area contributed by atoms with E-state index in [1.165, 1.54) is 16.2 Å². The summed E-state index contributed by atoms with van der Waals surface area (Å²) >= 11 is 1.35. The lowest BCUT2D eigenvalue weighted by atomic mass is 9.94. The van der Waals surface area contributed by atoms with Crippen LogP contribution in [0.4, 0.5) is 5.13 Å². The lowest BCUT2D eigenvalue weighted by molar-refractivity contribution is -0.132. The first-order valence-electron chi connectivity index (χ1n) is 11.6. The van der Waals surface area contributed by atoms with Crippen LogP contribution in [0.5, 0.6) is 11.5 Å². The Morgan fingerprint density at radius 2 is 1.67 bits per heavy atom. The molecule has 8 heteroatoms. The highest BCUT2D eigenvalue weighted by Crippen LogP contribution is 2.45. The molecule has 1 fully saturated rings. The molecule has 7 nitrogen and oxygen atoms in total. The number of hydrogen-bond acceptors (Lipinski definition) is 7. The summed E-state index contributed by atoms with van der Waals surface area (Å²) in [5, 5.41) is 11.8. The van der Waals surface area contributed by atoms with Crippen molar-refractivity contribution in [3.05, 3.63) is 88.5 Å². The van der Waals surface area contributed by atoms with Crippen LogP contribution < -0.4 is 14.4 Å². The van der Waals surface area contributed by atoms with Crippen molar-refractivity contribution in [2.45, 2.75) is 19.9 Å². The number of anilines is 1. The number of benzene rings is 3. The molecule has 0 aliphatic carbocycles. The van der Waals surface area contributed by atoms with Crippen molar-refractivity contribution in [1.82, 2.24) is 4.98 Å². The van der Waals surface area contributed by atoms with Gasteiger partial charge in [0, 0.05) is 5.56 Å². The second kappa shape index (κ2) is 8.49. The summed E-state index contributed by atoms with van der Waals surface area (Å²) in [5.74, 6) is -0.708. The van der Waals surface area contributed by atoms with E-state index in [9.17, 15) is 14.7 Å². The number of amides is 1. The number of ether oxygens (including phenoxy) is 2. The molecule has 180 valence electrons. The van der Waals surface area contributed by atoms with Gasteiger partial charge in [-0.25, -0.2) is 4.98 Å². The van der Waals surface area contributed by atoms with Crippen molar-refractivity contribution in [2.24, 2.45) is 0 Å². The van der Waals surface area contributed by atoms with Crippen molar-refractivity contribution in [3.8, 4) is 11.5 Å². The lowest BCUT2D eigenvalue weighted by Crippen LogP contribution is -2.29. The van der Waals surface area contributed by atoms with Crippen molar-refractivity contribution in [3.63, 3.8) is 0 Å². The molecule has 0 spiro atoms. The Morgan fingerprint density at radius 1 is 0.944 bits per heavy atom. The first-order valence-corrected chi connectivity index (χ1v) is 12.4. The van der Waals surface area contributed by atoms with Crippen LogP contribution in [0.2, 0.25) is 0 Å². The van der Waals surface area contributed by atoms with Gasteiger partial charge in [0.05, 0.1) is 21.8 Å². The topological polar surface area (TPSA) is 89.0 Å². The van der Waals surface area contributed by atoms with Crippen LogP contribution >= 0.6 is 11.3 Å². The predicted molar refractivity (Wildman–Crippen MR) is 138 cm³/mol. The minimum Gasteiger partial charge on any atom is -0.507 e. The number of aliphatic hydroxyl groups excluding tert-OH is 1. The number of carbonyl (C=O) groups excluding carboxylic acids is 2. The third kappa shape index (κ3) is 3.61. The number of hydrogen-bond donors (Lipinski definition) is 1. The SMILES string of the molecule is Cc1ccc(C2/C(=C(\O)c3ccc4c(c3)OCCO4)C(=O)C(=O)N2c2nc3ccc(C)cc3s2)cc1. The number of ketones is 1. The molecule has 2 aliphatic heterocycles. The highest BCUT2D eigenvalue weighted by Gasteiger charge is 2.48. The fraction of sp³-hybridized carbons (Fsp3) is 0.179. The average molecular weight is 499 g/mol. The third-order valence-corrected chi connectivity index (χ3v) is 7.41. The quantitative estimate of drug-likeness (QED) is 0.234. The predicted octanol–water partition coefficient (Wildman–Crippen LogP) is 5.31. The maximum atomic E-state index is 13.4. The fourth-order valence-corrected chi connectivity index (χ4v) is 5.65. The van der Waals surface area contributed by atoms with E-state index < -0.39 is 17.7 Å². The van der Waals surface area contributed by atoms with Gasteiger partial charge in [0.1, 0.15) is 19.0 Å². The van der Waals surface area contributed by atoms with E-state index in [4.69, 9.17) is 9.47 Å². The van der Waals surface area contributed by atoms with Crippen molar-refractivity contribution < 1.29 is 24.2 Å². The summed E-state index contributed by atoms with van der Waals surface area (Å²) in [6.07, 6.45) is 0. The number of fused-ring (bicyclic) bond motifs is 2. The minimum atomic E-state index is -0.833. The number of Topliss-reactive ketones (excluding diaryl/α,β-unsaturated/α-hetero) is 1. The first-order chi connectivity index (χ1) is 17.4. The van der Waals surface area contributed by atoms with E-state index in [1.807, 2.05) is 56.3 Å². The molecule has 1 N–H and O–H groups in total. The van der Waals surface area contributed by atoms with Crippen LogP contribution in [-0.2, 0) is 9.59 Å². The average Bonchev–Trinajstić information content (AvgIpc) is 3.41. The molecule has 0 bridgehead atoms. The van der Waals surface area contributed by atoms with Gasteiger partial charge in [-0.1, -0.05) is 47.2 Å². The number of aryl methyl sites for hydroxylation is 2. The van der Waals surface area contributed by atoms with Gasteiger partial charge in [0.2, 0.25) is 0 Å². The molecule has 0 radical (unpaired) electrons. The molecule has 4 aromatic rings. The summed E-state index contributed by atoms with van der Waals surface area (Å²) in [6.45, 7) is 4.79. The van der Waals surface area contributed by atoms with Crippen molar-refractivity contribution in [1.29, 1.82) is 0 Å². The number of aromatic nitrogens is 1. The van der Waals surface area contributed by atoms with Gasteiger partial charge in [0.25, 0.3) is 5.78 Å². The lowest BCUT2D eigenvalue weighted by Gasteiger charge is -2.23. The van der Waals surface area contributed by atoms with Crippen LogP contribution in [-0.4, -0.2) is 35.0 Å². The number of carbonyl (C=O) groups is 2. The molecule has 36 heavy (non-hydrogen) atoms. The van der Waals surface area contributed by atoms with E-state index in [2.05, 4.69) is 4.98 Å². The van der Waals surface area contributed by atoms with Gasteiger partial charge in [-0.15, -0.1) is 0 Å². The monoisotopic (exact) mass is 498 g/mol. The number of rotatable bonds is 3. The van der Waals surface area contributed by atoms with E-state index in [1.54, 1.807) is 18.2 Å². The van der Waals surface area contributed by atoms with Crippen molar-refractivity contribution >= 4 is 44.1 Å². The van der Waals surface area contributed by atoms with E-state index >= 15 is 0 Å². The molecule has 2 aliphatic rings. The summed E-state index contributed by atoms with van der Waals surface area (Å²) in [5.41, 5.74) is 3.95. The van der Waals surface area contributed by atoms with E-state index in [-0.39, 0.29) is 11.3 Å². The van der Waals surface area contributed by atoms with Gasteiger partial charge in [-0.05, 0) is 55.3 Å². The van der Waals surface area contributed by atoms with Gasteiger partial charge < -0.3 is 14.6 Å². The largest absolute Gasteiger partial charge is 0.507 e. The molecule has 1 saturated heterocycles. The molecule has 6 rings (SSSR count). The van der Waals surface area contributed by atoms with Gasteiger partial charge in [-0.3, -0.25) is 14.5 Å². The Bertz CT molecular complexity index is 1570. The summed E-state index contributed by atoms with van der Waals surface area (Å²) in [4.78, 5) is 32.9. The Morgan fingerprint density at radius 3 is 2.44 bits per heavy atom. The molecular formula is C28H22N2O5S. The number of thiazole rings is 1. The van der Waals surface area contributed by atoms with Crippen molar-refractivity contribution in [2.75, 3.05) is 18.1 Å². The van der Waals surface area contributed by atoms with Crippen LogP contribution in [0.3, 0.4) is 0 Å². The zero-order valence-electron chi connectivity index (χ0n) is 19.6. The summed E-state index contributed by atoms with van der Waals surface area (Å²) in [7, 11) is 0. The van der Waals surface area contributed by atoms with Crippen LogP contribution in [0.15, 0.2) is 66.2 Å². The molecule has 0 saturated carbocycles. The van der Waals surface area contributed by atoms with Gasteiger partial charge in [-0.2, -0.15) is 0 Å². The number of nitrogens with zero attached hydrogens (tertiary/aromatic N) is 2. The van der Waals surface area contributed by atoms with Crippen LogP contribution in [0, 0.1) is 13.8 Å². The molecule has 1 amide bonds. The van der Waals surface area contributed by atoms with Crippen LogP contribution in [0.25, 0.3) is 16.0 Å². The van der Waals surface area contributed by atoms with E-state index in [0.29, 0.717) is 41.0 Å². The zero-order valence-corrected chi connectivity index (χ0v) is 20.5. The normalized spacial score (nSPS) is 18.7. The summed E-state index contributed by atoms with van der Waals surface area (Å²) < 4.78 is 12.1. The molecule has 1 aromatic heterocycles. The third-order valence-electron chi connectivity index (χ3n) is 6.39. The number of aliphatic hydroxyl groups is 1. The maximum Gasteiger partial charge on any atom is 0.301 e. The molecule has 3 heterocycles. The Hall–Kier alpha value is -4.17. The van der Waals surface area contributed by atoms with Gasteiger partial charge in [0.15, 0.2) is 16.6 Å². The Kier molecular flexibility index (Phi) is 5.26. The summed E-state index contributed by atoms with van der Waals surface area (Å²) in [6, 6.07) is 17.6. The molecule has 1 atom stereocenters. The van der Waals surface area contributed by atoms with Crippen LogP contribution in [0.1, 0.15) is 28.3 Å². The van der Waals surface area contributed by atoms with Gasteiger partial charge >= 0.3 is 5.91 Å². The smallest absolute Gasteiger partial charge is 0.301 e. The second-order valence-electron chi connectivity index (χ2n) is 8.91. The van der Waals surface area contributed by atoms with E-state index in [0.717, 1.165) is 21.3 Å². The molecular weight excluding hydrogens is 476 g/mol. The Balaban J connectivity index is 1.54. The first kappa shape index (κ1) is 22.3. The maximum absolute atomic E-state index is 13.4. The second-order valence-corrected chi connectivity index (χ2v) is 9.91. The zero-order chi connectivity index (χ0) is 25.0. The fourth-order valence-electron chi connectivity index (χ4n) is 4.56. The highest BCUT2D eigenvalue weighted by atomic mass is 32.1. The Labute approximate surface area is 211 Å². The standard InChI is InChI=1S/C28H22N2O5S/c1-15-3-6-17(7-4-15)24-23(25(31)18-8-10-20-21(14-18)35-12-11-34-20)26(32)27(33)30(24)28-29-19-9-5-16(2)13-22(19)36-28/h3-10,13-14,24,31H,11-12H2,1-2H3/b25-23+. The molecule has 3 aromatic carbocycles.